The lowest BCUT2D eigenvalue weighted by molar-refractivity contribution is -0.151. The summed E-state index contributed by atoms with van der Waals surface area (Å²) >= 11 is 0. The van der Waals surface area contributed by atoms with Crippen LogP contribution >= 0.6 is 15.8 Å². The van der Waals surface area contributed by atoms with Gasteiger partial charge in [0.2, 0.25) is 0 Å². The molecule has 4 aliphatic rings. The quantitative estimate of drug-likeness (QED) is 0.684. The predicted molar refractivity (Wildman–Crippen MR) is 90.6 cm³/mol. The van der Waals surface area contributed by atoms with Crippen LogP contribution in [0.2, 0.25) is 0 Å². The van der Waals surface area contributed by atoms with Crippen LogP contribution in [0.25, 0.3) is 0 Å². The highest BCUT2D eigenvalue weighted by Crippen LogP contribution is 2.64. The molecule has 0 amide bonds. The van der Waals surface area contributed by atoms with Crippen molar-refractivity contribution < 1.29 is 18.9 Å². The molecule has 4 fully saturated rings. The average molecular weight is 346 g/mol. The molecular formula is C16H28O4P2. The molecule has 6 heteroatoms. The smallest absolute Gasteiger partial charge is 0.163 e. The molecule has 0 aromatic carbocycles. The van der Waals surface area contributed by atoms with Crippen LogP contribution < -0.4 is 0 Å². The molecule has 4 heterocycles. The first kappa shape index (κ1) is 16.2. The van der Waals surface area contributed by atoms with E-state index < -0.39 is 11.6 Å². The first-order chi connectivity index (χ1) is 10.2. The maximum atomic E-state index is 6.32. The molecule has 4 nitrogen and oxygen atoms in total. The summed E-state index contributed by atoms with van der Waals surface area (Å²) in [6, 6.07) is 0. The third-order valence-corrected chi connectivity index (χ3v) is 10.8. The van der Waals surface area contributed by atoms with Crippen LogP contribution in [-0.4, -0.2) is 73.0 Å². The lowest BCUT2D eigenvalue weighted by Gasteiger charge is -2.35. The van der Waals surface area contributed by atoms with Crippen LogP contribution in [0.1, 0.15) is 27.7 Å². The van der Waals surface area contributed by atoms with Crippen LogP contribution in [0.3, 0.4) is 0 Å². The zero-order valence-corrected chi connectivity index (χ0v) is 16.2. The molecule has 0 aromatic rings. The zero-order valence-electron chi connectivity index (χ0n) is 14.4. The van der Waals surface area contributed by atoms with Gasteiger partial charge in [0.1, 0.15) is 0 Å². The highest BCUT2D eigenvalue weighted by molar-refractivity contribution is 7.62. The van der Waals surface area contributed by atoms with Crippen LogP contribution in [-0.2, 0) is 18.9 Å². The number of hydrogen-bond acceptors (Lipinski definition) is 4. The Bertz CT molecular complexity index is 427. The minimum atomic E-state index is -0.426. The molecule has 0 aromatic heterocycles. The third kappa shape index (κ3) is 2.50. The maximum absolute atomic E-state index is 6.32. The first-order valence-corrected chi connectivity index (χ1v) is 12.4. The van der Waals surface area contributed by atoms with Crippen molar-refractivity contribution in [1.29, 1.82) is 0 Å². The number of hydrogen-bond donors (Lipinski definition) is 0. The van der Waals surface area contributed by atoms with E-state index in [9.17, 15) is 0 Å². The molecular weight excluding hydrogens is 318 g/mol. The fourth-order valence-electron chi connectivity index (χ4n) is 4.81. The summed E-state index contributed by atoms with van der Waals surface area (Å²) < 4.78 is 24.9. The van der Waals surface area contributed by atoms with Crippen molar-refractivity contribution >= 4 is 15.8 Å². The highest BCUT2D eigenvalue weighted by atomic mass is 31.1. The van der Waals surface area contributed by atoms with Crippen molar-refractivity contribution in [3.63, 3.8) is 0 Å². The number of ether oxygens (including phenoxy) is 4. The van der Waals surface area contributed by atoms with E-state index in [1.165, 1.54) is 12.3 Å². The molecule has 0 radical (unpaired) electrons. The molecule has 4 aliphatic heterocycles. The molecule has 4 rings (SSSR count). The fourth-order valence-corrected chi connectivity index (χ4v) is 11.3. The van der Waals surface area contributed by atoms with Gasteiger partial charge in [0.15, 0.2) is 11.6 Å². The average Bonchev–Trinajstić information content (AvgIpc) is 2.96. The normalized spacial score (nSPS) is 55.4. The van der Waals surface area contributed by atoms with Gasteiger partial charge in [-0.25, -0.2) is 0 Å². The maximum Gasteiger partial charge on any atom is 0.163 e. The van der Waals surface area contributed by atoms with Gasteiger partial charge in [0.25, 0.3) is 0 Å². The van der Waals surface area contributed by atoms with Gasteiger partial charge < -0.3 is 18.9 Å². The molecule has 8 atom stereocenters. The fraction of sp³-hybridized carbons (Fsp3) is 1.00. The van der Waals surface area contributed by atoms with Crippen LogP contribution in [0, 0.1) is 0 Å². The monoisotopic (exact) mass is 346 g/mol. The lowest BCUT2D eigenvalue weighted by atomic mass is 10.0. The summed E-state index contributed by atoms with van der Waals surface area (Å²) in [4.78, 5) is 0. The van der Waals surface area contributed by atoms with Crippen LogP contribution in [0.4, 0.5) is 0 Å². The van der Waals surface area contributed by atoms with E-state index in [0.29, 0.717) is 11.3 Å². The molecule has 22 heavy (non-hydrogen) atoms. The highest BCUT2D eigenvalue weighted by Gasteiger charge is 2.61. The third-order valence-electron chi connectivity index (χ3n) is 5.42. The lowest BCUT2D eigenvalue weighted by Crippen LogP contribution is -2.42. The Labute approximate surface area is 136 Å². The van der Waals surface area contributed by atoms with Gasteiger partial charge in [0.05, 0.1) is 24.4 Å². The van der Waals surface area contributed by atoms with Gasteiger partial charge in [-0.05, 0) is 53.3 Å². The van der Waals surface area contributed by atoms with Crippen molar-refractivity contribution in [2.24, 2.45) is 0 Å². The van der Waals surface area contributed by atoms with E-state index in [0.717, 1.165) is 0 Å². The zero-order chi connectivity index (χ0) is 15.9. The second kappa shape index (κ2) is 5.10. The summed E-state index contributed by atoms with van der Waals surface area (Å²) in [5.74, 6) is -0.851. The molecule has 0 aliphatic carbocycles. The number of rotatable bonds is 1. The topological polar surface area (TPSA) is 36.9 Å². The van der Waals surface area contributed by atoms with Gasteiger partial charge in [-0.3, -0.25) is 0 Å². The van der Waals surface area contributed by atoms with Crippen molar-refractivity contribution in [3.05, 3.63) is 0 Å². The van der Waals surface area contributed by atoms with E-state index in [1.54, 1.807) is 0 Å². The van der Waals surface area contributed by atoms with Gasteiger partial charge in [-0.1, -0.05) is 0 Å². The second-order valence-electron chi connectivity index (χ2n) is 8.14. The van der Waals surface area contributed by atoms with E-state index >= 15 is 0 Å². The molecule has 4 saturated heterocycles. The van der Waals surface area contributed by atoms with Crippen molar-refractivity contribution in [1.82, 2.24) is 0 Å². The van der Waals surface area contributed by atoms with E-state index in [-0.39, 0.29) is 40.3 Å². The van der Waals surface area contributed by atoms with Crippen LogP contribution in [0.5, 0.6) is 0 Å². The number of fused-ring (bicyclic) bond motifs is 2. The minimum absolute atomic E-state index is 0.0646. The summed E-state index contributed by atoms with van der Waals surface area (Å²) in [6.45, 7) is 13.0. The van der Waals surface area contributed by atoms with E-state index in [2.05, 4.69) is 13.3 Å². The van der Waals surface area contributed by atoms with Crippen molar-refractivity contribution in [2.45, 2.75) is 75.0 Å². The minimum Gasteiger partial charge on any atom is -0.344 e. The molecule has 0 bridgehead atoms. The Morgan fingerprint density at radius 1 is 0.682 bits per heavy atom. The molecule has 1 unspecified atom stereocenters. The Hall–Kier alpha value is 0.700. The van der Waals surface area contributed by atoms with Gasteiger partial charge in [-0.15, -0.1) is 15.8 Å². The van der Waals surface area contributed by atoms with Gasteiger partial charge in [0, 0.05) is 11.3 Å². The summed E-state index contributed by atoms with van der Waals surface area (Å²) in [5, 5.41) is 0. The Balaban J connectivity index is 1.60. The Kier molecular flexibility index (Phi) is 3.75. The molecule has 126 valence electrons. The second-order valence-corrected chi connectivity index (χ2v) is 13.1. The molecule has 0 saturated carbocycles. The Morgan fingerprint density at radius 2 is 1.05 bits per heavy atom. The Morgan fingerprint density at radius 3 is 1.41 bits per heavy atom. The van der Waals surface area contributed by atoms with Gasteiger partial charge in [-0.2, -0.15) is 0 Å². The van der Waals surface area contributed by atoms with Crippen molar-refractivity contribution in [2.75, 3.05) is 25.7 Å². The van der Waals surface area contributed by atoms with Crippen LogP contribution in [0.15, 0.2) is 0 Å². The van der Waals surface area contributed by atoms with Gasteiger partial charge >= 0.3 is 0 Å². The first-order valence-electron chi connectivity index (χ1n) is 8.29. The summed E-state index contributed by atoms with van der Waals surface area (Å²) in [5.41, 5.74) is 1.20. The molecule has 0 N–H and O–H groups in total. The van der Waals surface area contributed by atoms with Crippen molar-refractivity contribution in [3.8, 4) is 0 Å². The summed E-state index contributed by atoms with van der Waals surface area (Å²) in [6.07, 6.45) is 3.44. The van der Waals surface area contributed by atoms with E-state index in [4.69, 9.17) is 18.9 Å². The predicted octanol–water partition coefficient (Wildman–Crippen LogP) is 3.01. The summed E-state index contributed by atoms with van der Waals surface area (Å²) in [7, 11) is -0.129. The molecule has 0 spiro atoms. The van der Waals surface area contributed by atoms with E-state index in [1.807, 2.05) is 27.7 Å². The largest absolute Gasteiger partial charge is 0.344 e. The SMILES string of the molecule is C[P@]1C[C@H]2OC(C)(C)O[C@@H]2[C@@H]1[C@H]1[C@H]2OC(C)(C)OC2C[P@]1C. The standard InChI is InChI=1S/C16H28O4P2/c1-15(2)17-9-7-21(5)13(11(9)19-15)14-12-10(8-22(14)6)18-16(3,4)20-12/h9-14H,7-8H2,1-6H3/t9-,10?,11+,12+,13-,14-,21-,22+/m1/s1.